The molecule has 0 radical (unpaired) electrons. The van der Waals surface area contributed by atoms with Crippen molar-refractivity contribution in [2.24, 2.45) is 0 Å². The van der Waals surface area contributed by atoms with Crippen molar-refractivity contribution in [3.63, 3.8) is 0 Å². The number of ether oxygens (including phenoxy) is 1. The summed E-state index contributed by atoms with van der Waals surface area (Å²) in [6, 6.07) is 9.93. The lowest BCUT2D eigenvalue weighted by Crippen LogP contribution is -2.11. The molecular weight excluding hydrogens is 396 g/mol. The number of aromatic nitrogens is 1. The minimum Gasteiger partial charge on any atom is -0.451 e. The molecule has 1 aromatic heterocycles. The highest BCUT2D eigenvalue weighted by Gasteiger charge is 2.27. The lowest BCUT2D eigenvalue weighted by Gasteiger charge is -2.11. The molecule has 9 heteroatoms. The van der Waals surface area contributed by atoms with E-state index in [1.165, 1.54) is 29.2 Å². The van der Waals surface area contributed by atoms with Gasteiger partial charge in [-0.3, -0.25) is 10.1 Å². The van der Waals surface area contributed by atoms with Crippen LogP contribution in [0.3, 0.4) is 0 Å². The standard InChI is InChI=1S/C17H13ClN2O4S2/c1-9(16-19-12-8-10(18)6-7-13(12)26-16)24-17(21)11-4-3-5-14(25-2)15(11)20(22)23/h3-9H,1-2H3. The maximum Gasteiger partial charge on any atom is 0.345 e. The fourth-order valence-electron chi connectivity index (χ4n) is 2.41. The van der Waals surface area contributed by atoms with Crippen LogP contribution >= 0.6 is 34.7 Å². The summed E-state index contributed by atoms with van der Waals surface area (Å²) >= 11 is 8.55. The van der Waals surface area contributed by atoms with E-state index in [2.05, 4.69) is 4.98 Å². The largest absolute Gasteiger partial charge is 0.451 e. The fraction of sp³-hybridized carbons (Fsp3) is 0.176. The van der Waals surface area contributed by atoms with Crippen molar-refractivity contribution >= 4 is 56.6 Å². The van der Waals surface area contributed by atoms with Crippen LogP contribution in [0.25, 0.3) is 10.2 Å². The first-order valence-electron chi connectivity index (χ1n) is 7.49. The van der Waals surface area contributed by atoms with Gasteiger partial charge in [-0.25, -0.2) is 9.78 Å². The van der Waals surface area contributed by atoms with Gasteiger partial charge in [0.1, 0.15) is 10.6 Å². The number of fused-ring (bicyclic) bond motifs is 1. The zero-order chi connectivity index (χ0) is 18.8. The number of carbonyl (C=O) groups is 1. The third-order valence-corrected chi connectivity index (χ3v) is 5.82. The van der Waals surface area contributed by atoms with Crippen LogP contribution in [0.2, 0.25) is 5.02 Å². The van der Waals surface area contributed by atoms with Gasteiger partial charge < -0.3 is 4.74 Å². The van der Waals surface area contributed by atoms with Crippen molar-refractivity contribution < 1.29 is 14.5 Å². The zero-order valence-electron chi connectivity index (χ0n) is 13.8. The minimum atomic E-state index is -0.752. The molecule has 3 aromatic rings. The molecule has 0 amide bonds. The summed E-state index contributed by atoms with van der Waals surface area (Å²) in [5, 5.41) is 12.5. The number of thiazole rings is 1. The van der Waals surface area contributed by atoms with E-state index in [0.29, 0.717) is 14.9 Å². The molecule has 1 heterocycles. The SMILES string of the molecule is CSc1cccc(C(=O)OC(C)c2nc3cc(Cl)ccc3s2)c1[N+](=O)[O-]. The summed E-state index contributed by atoms with van der Waals surface area (Å²) in [5.74, 6) is -0.752. The van der Waals surface area contributed by atoms with Crippen molar-refractivity contribution in [1.82, 2.24) is 4.98 Å². The zero-order valence-corrected chi connectivity index (χ0v) is 16.2. The number of thioether (sulfide) groups is 1. The molecule has 1 unspecified atom stereocenters. The predicted octanol–water partition coefficient (Wildman–Crippen LogP) is 5.50. The van der Waals surface area contributed by atoms with Gasteiger partial charge in [0.15, 0.2) is 6.10 Å². The predicted molar refractivity (Wildman–Crippen MR) is 103 cm³/mol. The first-order valence-corrected chi connectivity index (χ1v) is 9.91. The molecule has 3 rings (SSSR count). The Morgan fingerprint density at radius 1 is 1.38 bits per heavy atom. The topological polar surface area (TPSA) is 82.3 Å². The molecule has 134 valence electrons. The second-order valence-corrected chi connectivity index (χ2v) is 7.67. The summed E-state index contributed by atoms with van der Waals surface area (Å²) in [6.45, 7) is 1.68. The van der Waals surface area contributed by atoms with E-state index < -0.39 is 17.0 Å². The highest BCUT2D eigenvalue weighted by atomic mass is 35.5. The van der Waals surface area contributed by atoms with Crippen molar-refractivity contribution in [3.8, 4) is 0 Å². The third-order valence-electron chi connectivity index (χ3n) is 3.62. The minimum absolute atomic E-state index is 0.0714. The first-order chi connectivity index (χ1) is 12.4. The van der Waals surface area contributed by atoms with Crippen LogP contribution in [0.5, 0.6) is 0 Å². The Morgan fingerprint density at radius 3 is 2.85 bits per heavy atom. The Labute approximate surface area is 162 Å². The summed E-state index contributed by atoms with van der Waals surface area (Å²) in [4.78, 5) is 28.2. The van der Waals surface area contributed by atoms with Gasteiger partial charge in [-0.15, -0.1) is 23.1 Å². The summed E-state index contributed by atoms with van der Waals surface area (Å²) in [7, 11) is 0. The van der Waals surface area contributed by atoms with Gasteiger partial charge in [0.2, 0.25) is 0 Å². The van der Waals surface area contributed by atoms with Gasteiger partial charge in [0, 0.05) is 5.02 Å². The second-order valence-electron chi connectivity index (χ2n) is 5.33. The number of benzene rings is 2. The van der Waals surface area contributed by atoms with E-state index in [9.17, 15) is 14.9 Å². The fourth-order valence-corrected chi connectivity index (χ4v) is 4.09. The quantitative estimate of drug-likeness (QED) is 0.240. The number of esters is 1. The summed E-state index contributed by atoms with van der Waals surface area (Å²) < 4.78 is 6.35. The van der Waals surface area contributed by atoms with Crippen LogP contribution in [0.4, 0.5) is 5.69 Å². The molecule has 0 aliphatic heterocycles. The number of hydrogen-bond acceptors (Lipinski definition) is 7. The van der Waals surface area contributed by atoms with E-state index in [4.69, 9.17) is 16.3 Å². The number of halogens is 1. The van der Waals surface area contributed by atoms with Crippen LogP contribution in [0, 0.1) is 10.1 Å². The molecule has 0 aliphatic carbocycles. The number of carbonyl (C=O) groups excluding carboxylic acids is 1. The molecule has 0 saturated carbocycles. The summed E-state index contributed by atoms with van der Waals surface area (Å²) in [6.07, 6.45) is 1.07. The molecule has 0 bridgehead atoms. The van der Waals surface area contributed by atoms with Gasteiger partial charge >= 0.3 is 5.97 Å². The molecule has 0 saturated heterocycles. The Kier molecular flexibility index (Phi) is 5.45. The molecule has 1 atom stereocenters. The molecule has 2 aromatic carbocycles. The monoisotopic (exact) mass is 408 g/mol. The van der Waals surface area contributed by atoms with Gasteiger partial charge in [-0.05, 0) is 43.5 Å². The normalized spacial score (nSPS) is 12.1. The Morgan fingerprint density at radius 2 is 2.15 bits per heavy atom. The van der Waals surface area contributed by atoms with Gasteiger partial charge in [0.25, 0.3) is 5.69 Å². The number of nitrogens with zero attached hydrogens (tertiary/aromatic N) is 2. The molecule has 0 spiro atoms. The number of para-hydroxylation sites is 1. The number of nitro benzene ring substituents is 1. The number of rotatable bonds is 5. The van der Waals surface area contributed by atoms with E-state index in [1.54, 1.807) is 37.4 Å². The van der Waals surface area contributed by atoms with Crippen molar-refractivity contribution in [1.29, 1.82) is 0 Å². The van der Waals surface area contributed by atoms with Crippen molar-refractivity contribution in [2.75, 3.05) is 6.26 Å². The van der Waals surface area contributed by atoms with Gasteiger partial charge in [-0.1, -0.05) is 17.7 Å². The Balaban J connectivity index is 1.88. The Bertz CT molecular complexity index is 1010. The van der Waals surface area contributed by atoms with E-state index in [1.807, 2.05) is 6.07 Å². The van der Waals surface area contributed by atoms with Crippen LogP contribution in [-0.4, -0.2) is 22.1 Å². The van der Waals surface area contributed by atoms with Gasteiger partial charge in [-0.2, -0.15) is 0 Å². The van der Waals surface area contributed by atoms with E-state index in [-0.39, 0.29) is 11.3 Å². The Hall–Kier alpha value is -2.16. The van der Waals surface area contributed by atoms with Crippen LogP contribution in [0.1, 0.15) is 28.4 Å². The highest BCUT2D eigenvalue weighted by Crippen LogP contribution is 2.34. The molecular formula is C17H13ClN2O4S2. The third kappa shape index (κ3) is 3.67. The molecule has 0 fully saturated rings. The lowest BCUT2D eigenvalue weighted by molar-refractivity contribution is -0.388. The maximum absolute atomic E-state index is 12.5. The average molecular weight is 409 g/mol. The van der Waals surface area contributed by atoms with Crippen LogP contribution in [-0.2, 0) is 4.74 Å². The van der Waals surface area contributed by atoms with Crippen molar-refractivity contribution in [3.05, 3.63) is 62.1 Å². The highest BCUT2D eigenvalue weighted by molar-refractivity contribution is 7.98. The lowest BCUT2D eigenvalue weighted by atomic mass is 10.2. The van der Waals surface area contributed by atoms with Gasteiger partial charge in [0.05, 0.1) is 20.0 Å². The molecule has 0 aliphatic rings. The number of hydrogen-bond donors (Lipinski definition) is 0. The van der Waals surface area contributed by atoms with Crippen LogP contribution < -0.4 is 0 Å². The van der Waals surface area contributed by atoms with Crippen molar-refractivity contribution in [2.45, 2.75) is 17.9 Å². The van der Waals surface area contributed by atoms with E-state index in [0.717, 1.165) is 10.2 Å². The van der Waals surface area contributed by atoms with E-state index >= 15 is 0 Å². The smallest absolute Gasteiger partial charge is 0.345 e. The average Bonchev–Trinajstić information content (AvgIpc) is 3.04. The summed E-state index contributed by atoms with van der Waals surface area (Å²) in [5.41, 5.74) is 0.405. The molecule has 0 N–H and O–H groups in total. The molecule has 6 nitrogen and oxygen atoms in total. The van der Waals surface area contributed by atoms with Crippen LogP contribution in [0.15, 0.2) is 41.3 Å². The molecule has 26 heavy (non-hydrogen) atoms. The second kappa shape index (κ2) is 7.61. The number of nitro groups is 1. The first kappa shape index (κ1) is 18.6. The maximum atomic E-state index is 12.5.